The van der Waals surface area contributed by atoms with Crippen LogP contribution in [0.1, 0.15) is 19.3 Å². The molecule has 8 nitrogen and oxygen atoms in total. The van der Waals surface area contributed by atoms with E-state index < -0.39 is 30.3 Å². The quantitative estimate of drug-likeness (QED) is 0.183. The van der Waals surface area contributed by atoms with E-state index in [0.717, 1.165) is 0 Å². The number of ketones is 1. The van der Waals surface area contributed by atoms with Crippen LogP contribution in [0.3, 0.4) is 0 Å². The van der Waals surface area contributed by atoms with Gasteiger partial charge in [0.1, 0.15) is 0 Å². The predicted octanol–water partition coefficient (Wildman–Crippen LogP) is -2.23. The summed E-state index contributed by atoms with van der Waals surface area (Å²) in [4.78, 5) is 25.4. The molecule has 0 fully saturated rings. The molecule has 0 saturated heterocycles. The van der Waals surface area contributed by atoms with Crippen LogP contribution >= 0.6 is 0 Å². The molecular weight excluding hydrogens is 228 g/mol. The monoisotopic (exact) mass is 246 g/mol. The third-order valence-electron chi connectivity index (χ3n) is 2.06. The van der Waals surface area contributed by atoms with Crippen LogP contribution in [0.4, 0.5) is 0 Å². The smallest absolute Gasteiger partial charge is 0.332 e. The molecule has 0 aromatic rings. The number of hydrogen-bond acceptors (Lipinski definition) is 5. The van der Waals surface area contributed by atoms with Gasteiger partial charge in [0.25, 0.3) is 0 Å². The summed E-state index contributed by atoms with van der Waals surface area (Å²) in [5.41, 5.74) is 15.7. The van der Waals surface area contributed by atoms with Gasteiger partial charge in [-0.1, -0.05) is 0 Å². The molecule has 17 heavy (non-hydrogen) atoms. The van der Waals surface area contributed by atoms with E-state index in [1.54, 1.807) is 0 Å². The van der Waals surface area contributed by atoms with Crippen LogP contribution in [0.2, 0.25) is 0 Å². The number of aliphatic hydroxyl groups is 1. The molecule has 0 aliphatic rings. The van der Waals surface area contributed by atoms with Gasteiger partial charge in [-0.3, -0.25) is 9.79 Å². The van der Waals surface area contributed by atoms with E-state index in [9.17, 15) is 9.59 Å². The molecule has 0 aliphatic carbocycles. The Kier molecular flexibility index (Phi) is 6.83. The van der Waals surface area contributed by atoms with E-state index >= 15 is 0 Å². The normalized spacial score (nSPS) is 13.8. The standard InChI is InChI=1S/C9H18N4O4/c10-5(2-1-3-13-9(11)12)6(14)4-7(15)8(16)17/h5,7,15H,1-4,10H2,(H,16,17)(H4,11,12,13)/t5-,7?/m0/s1. The van der Waals surface area contributed by atoms with Gasteiger partial charge in [-0.05, 0) is 12.8 Å². The molecule has 2 atom stereocenters. The Bertz CT molecular complexity index is 301. The molecule has 8 heteroatoms. The van der Waals surface area contributed by atoms with Gasteiger partial charge in [-0.15, -0.1) is 0 Å². The van der Waals surface area contributed by atoms with Gasteiger partial charge in [0.05, 0.1) is 6.04 Å². The number of rotatable bonds is 8. The highest BCUT2D eigenvalue weighted by Crippen LogP contribution is 2.02. The van der Waals surface area contributed by atoms with Gasteiger partial charge < -0.3 is 27.4 Å². The highest BCUT2D eigenvalue weighted by Gasteiger charge is 2.21. The Hall–Kier alpha value is -1.67. The van der Waals surface area contributed by atoms with Crippen LogP contribution in [-0.4, -0.2) is 46.6 Å². The Morgan fingerprint density at radius 2 is 1.88 bits per heavy atom. The summed E-state index contributed by atoms with van der Waals surface area (Å²) in [5, 5.41) is 17.4. The average Bonchev–Trinajstić information content (AvgIpc) is 2.23. The van der Waals surface area contributed by atoms with Crippen molar-refractivity contribution in [3.8, 4) is 0 Å². The molecule has 1 unspecified atom stereocenters. The number of carbonyl (C=O) groups is 2. The van der Waals surface area contributed by atoms with Gasteiger partial charge >= 0.3 is 5.97 Å². The molecule has 8 N–H and O–H groups in total. The Morgan fingerprint density at radius 1 is 1.29 bits per heavy atom. The summed E-state index contributed by atoms with van der Waals surface area (Å²) >= 11 is 0. The van der Waals surface area contributed by atoms with Crippen molar-refractivity contribution >= 4 is 17.7 Å². The molecule has 0 aliphatic heterocycles. The van der Waals surface area contributed by atoms with Crippen LogP contribution in [0.15, 0.2) is 4.99 Å². The summed E-state index contributed by atoms with van der Waals surface area (Å²) < 4.78 is 0. The van der Waals surface area contributed by atoms with Crippen molar-refractivity contribution in [2.24, 2.45) is 22.2 Å². The Balaban J connectivity index is 3.90. The molecule has 0 aromatic heterocycles. The summed E-state index contributed by atoms with van der Waals surface area (Å²) in [6.45, 7) is 0.352. The van der Waals surface area contributed by atoms with E-state index in [4.69, 9.17) is 27.4 Å². The number of carboxylic acid groups (broad SMARTS) is 1. The van der Waals surface area contributed by atoms with E-state index in [0.29, 0.717) is 19.4 Å². The van der Waals surface area contributed by atoms with Crippen LogP contribution in [0.5, 0.6) is 0 Å². The highest BCUT2D eigenvalue weighted by atomic mass is 16.4. The molecule has 98 valence electrons. The number of hydrogen-bond donors (Lipinski definition) is 5. The number of carbonyl (C=O) groups excluding carboxylic acids is 1. The number of guanidine groups is 1. The lowest BCUT2D eigenvalue weighted by Gasteiger charge is -2.11. The van der Waals surface area contributed by atoms with E-state index in [1.165, 1.54) is 0 Å². The molecule has 0 rings (SSSR count). The number of aliphatic hydroxyl groups excluding tert-OH is 1. The minimum atomic E-state index is -1.70. The van der Waals surface area contributed by atoms with Gasteiger partial charge in [-0.2, -0.15) is 0 Å². The summed E-state index contributed by atoms with van der Waals surface area (Å²) in [6, 6.07) is -0.807. The molecule has 0 heterocycles. The van der Waals surface area contributed by atoms with Gasteiger partial charge in [-0.25, -0.2) is 4.79 Å². The molecular formula is C9H18N4O4. The second kappa shape index (κ2) is 7.58. The lowest BCUT2D eigenvalue weighted by atomic mass is 10.0. The molecule has 0 spiro atoms. The minimum absolute atomic E-state index is 0.0359. The SMILES string of the molecule is NC(N)=NCCC[C@H](N)C(=O)CC(O)C(=O)O. The van der Waals surface area contributed by atoms with Crippen molar-refractivity contribution in [3.63, 3.8) is 0 Å². The second-order valence-corrected chi connectivity index (χ2v) is 3.58. The molecule has 0 bridgehead atoms. The zero-order valence-electron chi connectivity index (χ0n) is 9.37. The van der Waals surface area contributed by atoms with E-state index in [-0.39, 0.29) is 5.96 Å². The van der Waals surface area contributed by atoms with Crippen molar-refractivity contribution < 1.29 is 19.8 Å². The third kappa shape index (κ3) is 7.25. The van der Waals surface area contributed by atoms with Crippen molar-refractivity contribution in [2.75, 3.05) is 6.54 Å². The first-order valence-corrected chi connectivity index (χ1v) is 5.09. The van der Waals surface area contributed by atoms with Crippen LogP contribution in [0.25, 0.3) is 0 Å². The first-order valence-electron chi connectivity index (χ1n) is 5.09. The van der Waals surface area contributed by atoms with Gasteiger partial charge in [0.2, 0.25) is 0 Å². The fourth-order valence-electron chi connectivity index (χ4n) is 1.11. The molecule has 0 aromatic carbocycles. The Morgan fingerprint density at radius 3 is 2.35 bits per heavy atom. The number of aliphatic imine (C=N–C) groups is 1. The maximum Gasteiger partial charge on any atom is 0.332 e. The molecule has 0 radical (unpaired) electrons. The summed E-state index contributed by atoms with van der Waals surface area (Å²) in [7, 11) is 0. The zero-order chi connectivity index (χ0) is 13.4. The first-order chi connectivity index (χ1) is 7.84. The lowest BCUT2D eigenvalue weighted by Crippen LogP contribution is -2.35. The topological polar surface area (TPSA) is 165 Å². The number of nitrogens with zero attached hydrogens (tertiary/aromatic N) is 1. The maximum atomic E-state index is 11.4. The van der Waals surface area contributed by atoms with Crippen LogP contribution in [-0.2, 0) is 9.59 Å². The lowest BCUT2D eigenvalue weighted by molar-refractivity contribution is -0.149. The number of Topliss-reactive ketones (excluding diaryl/α,β-unsaturated/α-hetero) is 1. The van der Waals surface area contributed by atoms with Gasteiger partial charge in [0.15, 0.2) is 17.8 Å². The predicted molar refractivity (Wildman–Crippen MR) is 61.2 cm³/mol. The first kappa shape index (κ1) is 15.3. The fraction of sp³-hybridized carbons (Fsp3) is 0.667. The van der Waals surface area contributed by atoms with Crippen molar-refractivity contribution in [3.05, 3.63) is 0 Å². The average molecular weight is 246 g/mol. The largest absolute Gasteiger partial charge is 0.479 e. The summed E-state index contributed by atoms with van der Waals surface area (Å²) in [5.74, 6) is -1.97. The van der Waals surface area contributed by atoms with E-state index in [1.807, 2.05) is 0 Å². The minimum Gasteiger partial charge on any atom is -0.479 e. The Labute approximate surface area is 98.5 Å². The van der Waals surface area contributed by atoms with E-state index in [2.05, 4.69) is 4.99 Å². The number of aliphatic carboxylic acids is 1. The van der Waals surface area contributed by atoms with Gasteiger partial charge in [0, 0.05) is 13.0 Å². The number of carboxylic acids is 1. The highest BCUT2D eigenvalue weighted by molar-refractivity contribution is 5.88. The fourth-order valence-corrected chi connectivity index (χ4v) is 1.11. The van der Waals surface area contributed by atoms with Crippen LogP contribution in [0, 0.1) is 0 Å². The van der Waals surface area contributed by atoms with Crippen molar-refractivity contribution in [1.29, 1.82) is 0 Å². The second-order valence-electron chi connectivity index (χ2n) is 3.58. The molecule has 0 saturated carbocycles. The van der Waals surface area contributed by atoms with Crippen molar-refractivity contribution in [2.45, 2.75) is 31.4 Å². The van der Waals surface area contributed by atoms with Crippen molar-refractivity contribution in [1.82, 2.24) is 0 Å². The third-order valence-corrected chi connectivity index (χ3v) is 2.06. The maximum absolute atomic E-state index is 11.4. The zero-order valence-corrected chi connectivity index (χ0v) is 9.37. The summed E-state index contributed by atoms with van der Waals surface area (Å²) in [6.07, 6.45) is -1.35. The van der Waals surface area contributed by atoms with Crippen LogP contribution < -0.4 is 17.2 Å². The molecule has 0 amide bonds. The number of nitrogens with two attached hydrogens (primary N) is 3.